The molecule has 0 spiro atoms. The van der Waals surface area contributed by atoms with E-state index in [0.29, 0.717) is 11.3 Å². The fraction of sp³-hybridized carbons (Fsp3) is 0.278. The molecule has 10 heteroatoms. The van der Waals surface area contributed by atoms with Gasteiger partial charge in [-0.25, -0.2) is 13.2 Å². The monoisotopic (exact) mass is 407 g/mol. The third-order valence-electron chi connectivity index (χ3n) is 3.87. The number of benzene rings is 2. The van der Waals surface area contributed by atoms with E-state index in [1.165, 1.54) is 28.6 Å². The van der Waals surface area contributed by atoms with Gasteiger partial charge in [-0.2, -0.15) is 0 Å². The van der Waals surface area contributed by atoms with E-state index in [-0.39, 0.29) is 24.5 Å². The lowest BCUT2D eigenvalue weighted by Crippen LogP contribution is -2.32. The van der Waals surface area contributed by atoms with E-state index in [2.05, 4.69) is 5.32 Å². The van der Waals surface area contributed by atoms with Crippen LogP contribution in [0, 0.1) is 17.0 Å². The van der Waals surface area contributed by atoms with E-state index in [9.17, 15) is 23.3 Å². The van der Waals surface area contributed by atoms with Crippen LogP contribution >= 0.6 is 0 Å². The minimum atomic E-state index is -3.47. The van der Waals surface area contributed by atoms with Crippen LogP contribution in [0.4, 0.5) is 16.2 Å². The number of anilines is 1. The summed E-state index contributed by atoms with van der Waals surface area (Å²) in [6.07, 6.45) is 0.361. The molecule has 0 aromatic heterocycles. The summed E-state index contributed by atoms with van der Waals surface area (Å²) in [7, 11) is -3.47. The van der Waals surface area contributed by atoms with Crippen molar-refractivity contribution in [2.45, 2.75) is 20.4 Å². The first-order valence-corrected chi connectivity index (χ1v) is 10.2. The van der Waals surface area contributed by atoms with Gasteiger partial charge in [-0.15, -0.1) is 0 Å². The molecule has 1 N–H and O–H groups in total. The maximum Gasteiger partial charge on any atom is 0.412 e. The average molecular weight is 407 g/mol. The molecule has 0 bridgehead atoms. The van der Waals surface area contributed by atoms with Crippen LogP contribution in [0.25, 0.3) is 0 Å². The van der Waals surface area contributed by atoms with E-state index in [1.54, 1.807) is 25.1 Å². The van der Waals surface area contributed by atoms with Crippen molar-refractivity contribution in [3.63, 3.8) is 0 Å². The van der Waals surface area contributed by atoms with E-state index in [0.717, 1.165) is 11.8 Å². The number of ether oxygens (including phenoxy) is 1. The first-order valence-electron chi connectivity index (χ1n) is 8.39. The molecule has 0 unspecified atom stereocenters. The van der Waals surface area contributed by atoms with Crippen LogP contribution in [-0.2, 0) is 16.6 Å². The summed E-state index contributed by atoms with van der Waals surface area (Å²) in [4.78, 5) is 22.1. The zero-order chi connectivity index (χ0) is 20.9. The van der Waals surface area contributed by atoms with Crippen LogP contribution in [0.1, 0.15) is 18.1 Å². The van der Waals surface area contributed by atoms with Gasteiger partial charge in [-0.05, 0) is 37.6 Å². The Labute approximate surface area is 163 Å². The molecule has 1 amide bonds. The van der Waals surface area contributed by atoms with Gasteiger partial charge in [0.25, 0.3) is 5.69 Å². The molecule has 2 rings (SSSR count). The summed E-state index contributed by atoms with van der Waals surface area (Å²) in [5.41, 5.74) is 1.89. The SMILES string of the molecule is CCN(c1ccc(C)cc1CNC(=O)Oc1ccc([N+](=O)[O-])cc1)S(C)(=O)=O. The number of carbonyl (C=O) groups excluding carboxylic acids is 1. The zero-order valence-corrected chi connectivity index (χ0v) is 16.5. The number of amides is 1. The minimum Gasteiger partial charge on any atom is -0.410 e. The number of nitrogens with one attached hydrogen (secondary N) is 1. The Morgan fingerprint density at radius 2 is 1.86 bits per heavy atom. The van der Waals surface area contributed by atoms with Gasteiger partial charge in [0, 0.05) is 25.2 Å². The van der Waals surface area contributed by atoms with Gasteiger partial charge < -0.3 is 10.1 Å². The maximum absolute atomic E-state index is 12.0. The number of nitro benzene ring substituents is 1. The number of hydrogen-bond donors (Lipinski definition) is 1. The van der Waals surface area contributed by atoms with E-state index < -0.39 is 21.0 Å². The molecular weight excluding hydrogens is 386 g/mol. The fourth-order valence-corrected chi connectivity index (χ4v) is 3.63. The summed E-state index contributed by atoms with van der Waals surface area (Å²) in [5.74, 6) is 0.152. The Hall–Kier alpha value is -3.14. The first kappa shape index (κ1) is 21.2. The lowest BCUT2D eigenvalue weighted by Gasteiger charge is -2.24. The largest absolute Gasteiger partial charge is 0.412 e. The number of rotatable bonds is 7. The normalized spacial score (nSPS) is 11.0. The van der Waals surface area contributed by atoms with Crippen molar-refractivity contribution in [3.05, 3.63) is 63.7 Å². The summed E-state index contributed by atoms with van der Waals surface area (Å²) < 4.78 is 30.4. The summed E-state index contributed by atoms with van der Waals surface area (Å²) in [6, 6.07) is 10.4. The smallest absolute Gasteiger partial charge is 0.410 e. The second-order valence-electron chi connectivity index (χ2n) is 6.05. The van der Waals surface area contributed by atoms with Crippen molar-refractivity contribution < 1.29 is 22.9 Å². The van der Waals surface area contributed by atoms with Crippen LogP contribution in [0.15, 0.2) is 42.5 Å². The van der Waals surface area contributed by atoms with Crippen molar-refractivity contribution in [2.24, 2.45) is 0 Å². The van der Waals surface area contributed by atoms with Gasteiger partial charge in [0.2, 0.25) is 10.0 Å². The number of non-ortho nitro benzene ring substituents is 1. The topological polar surface area (TPSA) is 119 Å². The number of nitro groups is 1. The summed E-state index contributed by atoms with van der Waals surface area (Å²) in [6.45, 7) is 3.89. The van der Waals surface area contributed by atoms with Gasteiger partial charge in [-0.3, -0.25) is 14.4 Å². The summed E-state index contributed by atoms with van der Waals surface area (Å²) >= 11 is 0. The molecule has 0 atom stereocenters. The van der Waals surface area contributed by atoms with Crippen LogP contribution < -0.4 is 14.4 Å². The molecule has 2 aromatic rings. The van der Waals surface area contributed by atoms with E-state index >= 15 is 0 Å². The highest BCUT2D eigenvalue weighted by Gasteiger charge is 2.19. The highest BCUT2D eigenvalue weighted by Crippen LogP contribution is 2.24. The average Bonchev–Trinajstić information content (AvgIpc) is 2.61. The predicted octanol–water partition coefficient (Wildman–Crippen LogP) is 2.98. The highest BCUT2D eigenvalue weighted by atomic mass is 32.2. The van der Waals surface area contributed by atoms with Crippen LogP contribution in [-0.4, -0.2) is 32.2 Å². The quantitative estimate of drug-likeness (QED) is 0.557. The second-order valence-corrected chi connectivity index (χ2v) is 7.96. The standard InChI is InChI=1S/C18H21N3O6S/c1-4-20(28(3,25)26)17-10-5-13(2)11-14(17)12-19-18(22)27-16-8-6-15(7-9-16)21(23)24/h5-11H,4,12H2,1-3H3,(H,19,22). The van der Waals surface area contributed by atoms with Crippen LogP contribution in [0.3, 0.4) is 0 Å². The molecule has 0 aliphatic rings. The van der Waals surface area contributed by atoms with E-state index in [4.69, 9.17) is 4.74 Å². The second kappa shape index (κ2) is 8.70. The Morgan fingerprint density at radius 1 is 1.21 bits per heavy atom. The minimum absolute atomic E-state index is 0.0504. The third kappa shape index (κ3) is 5.43. The molecule has 0 saturated heterocycles. The number of carbonyl (C=O) groups is 1. The Kier molecular flexibility index (Phi) is 6.57. The van der Waals surface area contributed by atoms with Gasteiger partial charge in [0.15, 0.2) is 0 Å². The number of sulfonamides is 1. The Morgan fingerprint density at radius 3 is 2.39 bits per heavy atom. The molecule has 9 nitrogen and oxygen atoms in total. The Bertz CT molecular complexity index is 973. The van der Waals surface area contributed by atoms with E-state index in [1.807, 2.05) is 6.92 Å². The molecule has 0 heterocycles. The number of aryl methyl sites for hydroxylation is 1. The zero-order valence-electron chi connectivity index (χ0n) is 15.7. The lowest BCUT2D eigenvalue weighted by molar-refractivity contribution is -0.384. The van der Waals surface area contributed by atoms with Gasteiger partial charge in [0.05, 0.1) is 16.9 Å². The van der Waals surface area contributed by atoms with Gasteiger partial charge >= 0.3 is 6.09 Å². The van der Waals surface area contributed by atoms with Crippen LogP contribution in [0.5, 0.6) is 5.75 Å². The molecule has 0 radical (unpaired) electrons. The third-order valence-corrected chi connectivity index (χ3v) is 5.13. The number of nitrogens with zero attached hydrogens (tertiary/aromatic N) is 2. The van der Waals surface area contributed by atoms with Crippen LogP contribution in [0.2, 0.25) is 0 Å². The number of hydrogen-bond acceptors (Lipinski definition) is 6. The van der Waals surface area contributed by atoms with Crippen molar-refractivity contribution >= 4 is 27.5 Å². The van der Waals surface area contributed by atoms with Crippen molar-refractivity contribution in [1.82, 2.24) is 5.32 Å². The van der Waals surface area contributed by atoms with Gasteiger partial charge in [-0.1, -0.05) is 17.7 Å². The highest BCUT2D eigenvalue weighted by molar-refractivity contribution is 7.92. The Balaban J connectivity index is 2.12. The van der Waals surface area contributed by atoms with Crippen molar-refractivity contribution in [3.8, 4) is 5.75 Å². The van der Waals surface area contributed by atoms with Crippen molar-refractivity contribution in [1.29, 1.82) is 0 Å². The maximum atomic E-state index is 12.0. The van der Waals surface area contributed by atoms with Crippen molar-refractivity contribution in [2.75, 3.05) is 17.1 Å². The molecule has 150 valence electrons. The predicted molar refractivity (Wildman–Crippen MR) is 105 cm³/mol. The lowest BCUT2D eigenvalue weighted by atomic mass is 10.1. The summed E-state index contributed by atoms with van der Waals surface area (Å²) in [5, 5.41) is 13.2. The molecular formula is C18H21N3O6S. The van der Waals surface area contributed by atoms with Gasteiger partial charge in [0.1, 0.15) is 5.75 Å². The fourth-order valence-electron chi connectivity index (χ4n) is 2.63. The molecule has 0 saturated carbocycles. The molecule has 0 aliphatic heterocycles. The molecule has 0 fully saturated rings. The first-order chi connectivity index (χ1) is 13.1. The molecule has 28 heavy (non-hydrogen) atoms. The molecule has 0 aliphatic carbocycles. The molecule has 2 aromatic carbocycles.